The molecule has 4 rings (SSSR count). The lowest BCUT2D eigenvalue weighted by Gasteiger charge is -2.27. The Morgan fingerprint density at radius 1 is 1.03 bits per heavy atom. The predicted molar refractivity (Wildman–Crippen MR) is 130 cm³/mol. The highest BCUT2D eigenvalue weighted by Crippen LogP contribution is 2.30. The van der Waals surface area contributed by atoms with Gasteiger partial charge in [0.1, 0.15) is 0 Å². The summed E-state index contributed by atoms with van der Waals surface area (Å²) < 4.78 is 91.2. The first kappa shape index (κ1) is 27.3. The lowest BCUT2D eigenvalue weighted by Crippen LogP contribution is -2.43. The molecule has 1 saturated heterocycles. The van der Waals surface area contributed by atoms with Crippen molar-refractivity contribution in [3.05, 3.63) is 76.7 Å². The van der Waals surface area contributed by atoms with Gasteiger partial charge >= 0.3 is 6.18 Å². The smallest absolute Gasteiger partial charge is 0.352 e. The largest absolute Gasteiger partial charge is 0.416 e. The minimum Gasteiger partial charge on any atom is -0.352 e. The molecule has 0 bridgehead atoms. The van der Waals surface area contributed by atoms with E-state index in [4.69, 9.17) is 0 Å². The molecule has 0 saturated carbocycles. The van der Waals surface area contributed by atoms with E-state index in [0.717, 1.165) is 17.5 Å². The fraction of sp³-hybridized carbons (Fsp3) is 0.375. The third-order valence-corrected chi connectivity index (χ3v) is 9.86. The van der Waals surface area contributed by atoms with Crippen LogP contribution in [0.5, 0.6) is 0 Å². The van der Waals surface area contributed by atoms with Crippen LogP contribution in [0.15, 0.2) is 64.9 Å². The molecule has 1 amide bonds. The van der Waals surface area contributed by atoms with Crippen molar-refractivity contribution in [1.29, 1.82) is 0 Å². The Bertz CT molecular complexity index is 1370. The highest BCUT2D eigenvalue weighted by molar-refractivity contribution is 7.92. The molecule has 0 spiro atoms. The minimum absolute atomic E-state index is 0.0346. The number of hydrogen-bond acceptors (Lipinski definition) is 5. The van der Waals surface area contributed by atoms with Crippen molar-refractivity contribution >= 4 is 26.0 Å². The van der Waals surface area contributed by atoms with Crippen LogP contribution in [-0.4, -0.2) is 57.0 Å². The Labute approximate surface area is 213 Å². The van der Waals surface area contributed by atoms with E-state index in [1.807, 2.05) is 0 Å². The number of carbonyl (C=O) groups is 1. The van der Waals surface area contributed by atoms with Gasteiger partial charge in [-0.3, -0.25) is 4.79 Å². The number of nitrogens with zero attached hydrogens (tertiary/aromatic N) is 2. The monoisotopic (exact) mass is 557 g/mol. The summed E-state index contributed by atoms with van der Waals surface area (Å²) in [5, 5.41) is 3.76. The number of halogens is 3. The molecule has 2 aliphatic heterocycles. The molecule has 2 aromatic rings. The normalized spacial score (nSPS) is 20.4. The van der Waals surface area contributed by atoms with Gasteiger partial charge in [-0.15, -0.1) is 0 Å². The first-order chi connectivity index (χ1) is 17.4. The summed E-state index contributed by atoms with van der Waals surface area (Å²) in [5.74, 6) is -0.365. The number of benzene rings is 2. The molecule has 0 aromatic heterocycles. The third kappa shape index (κ3) is 6.40. The third-order valence-electron chi connectivity index (χ3n) is 6.34. The highest BCUT2D eigenvalue weighted by atomic mass is 32.2. The van der Waals surface area contributed by atoms with E-state index in [0.29, 0.717) is 30.5 Å². The van der Waals surface area contributed by atoms with Crippen LogP contribution in [0.2, 0.25) is 0 Å². The van der Waals surface area contributed by atoms with E-state index >= 15 is 0 Å². The van der Waals surface area contributed by atoms with Crippen LogP contribution in [0.3, 0.4) is 0 Å². The van der Waals surface area contributed by atoms with Crippen molar-refractivity contribution < 1.29 is 34.8 Å². The summed E-state index contributed by atoms with van der Waals surface area (Å²) in [4.78, 5) is 12.3. The maximum atomic E-state index is 13.3. The number of carbonyl (C=O) groups excluding carboxylic acids is 1. The van der Waals surface area contributed by atoms with Crippen LogP contribution in [0.4, 0.5) is 13.2 Å². The average Bonchev–Trinajstić information content (AvgIpc) is 3.44. The zero-order chi connectivity index (χ0) is 26.8. The first-order valence-corrected chi connectivity index (χ1v) is 14.5. The van der Waals surface area contributed by atoms with E-state index in [1.165, 1.54) is 51.1 Å². The molecule has 1 atom stereocenters. The molecule has 2 heterocycles. The van der Waals surface area contributed by atoms with Gasteiger partial charge in [-0.2, -0.15) is 21.8 Å². The van der Waals surface area contributed by atoms with Crippen molar-refractivity contribution in [3.63, 3.8) is 0 Å². The zero-order valence-corrected chi connectivity index (χ0v) is 21.3. The van der Waals surface area contributed by atoms with E-state index < -0.39 is 37.8 Å². The van der Waals surface area contributed by atoms with Crippen molar-refractivity contribution in [2.24, 2.45) is 0 Å². The van der Waals surface area contributed by atoms with Gasteiger partial charge in [0.25, 0.3) is 0 Å². The van der Waals surface area contributed by atoms with Crippen molar-refractivity contribution in [1.82, 2.24) is 13.9 Å². The topological polar surface area (TPSA) is 104 Å². The van der Waals surface area contributed by atoms with Crippen LogP contribution >= 0.6 is 0 Å². The van der Waals surface area contributed by atoms with E-state index in [9.17, 15) is 34.8 Å². The lowest BCUT2D eigenvalue weighted by atomic mass is 10.1. The molecule has 1 N–H and O–H groups in total. The summed E-state index contributed by atoms with van der Waals surface area (Å²) in [7, 11) is -7.37. The summed E-state index contributed by atoms with van der Waals surface area (Å²) in [5.41, 5.74) is 0.313. The molecule has 0 radical (unpaired) electrons. The number of amides is 1. The fourth-order valence-corrected chi connectivity index (χ4v) is 7.23. The Morgan fingerprint density at radius 2 is 1.68 bits per heavy atom. The van der Waals surface area contributed by atoms with Crippen molar-refractivity contribution in [2.45, 2.75) is 42.9 Å². The number of alkyl halides is 3. The second-order valence-electron chi connectivity index (χ2n) is 8.94. The Morgan fingerprint density at radius 3 is 2.27 bits per heavy atom. The molecule has 1 fully saturated rings. The summed E-state index contributed by atoms with van der Waals surface area (Å²) >= 11 is 0. The first-order valence-electron chi connectivity index (χ1n) is 11.6. The molecule has 13 heteroatoms. The van der Waals surface area contributed by atoms with Gasteiger partial charge in [-0.05, 0) is 48.2 Å². The summed E-state index contributed by atoms with van der Waals surface area (Å²) in [6.45, 7) is 0.665. The Balaban J connectivity index is 1.34. The standard InChI is InChI=1S/C24H26F3N3O5S2/c25-24(26,27)20-8-4-19(5-9-20)16-28-23(31)15-18-6-10-22(11-7-18)37(34,35)30-13-1-3-21(30)17-29-12-2-14-36(29,32)33/h2,4-11,14,21H,1,3,12-13,15-17H2,(H,28,31)/t21-/m1/s1. The summed E-state index contributed by atoms with van der Waals surface area (Å²) in [6.07, 6.45) is -1.75. The maximum Gasteiger partial charge on any atom is 0.416 e. The van der Waals surface area contributed by atoms with Gasteiger partial charge in [0.05, 0.1) is 16.9 Å². The molecule has 2 aromatic carbocycles. The van der Waals surface area contributed by atoms with Crippen LogP contribution in [0.25, 0.3) is 0 Å². The zero-order valence-electron chi connectivity index (χ0n) is 19.7. The lowest BCUT2D eigenvalue weighted by molar-refractivity contribution is -0.137. The van der Waals surface area contributed by atoms with Crippen LogP contribution in [0.1, 0.15) is 29.5 Å². The van der Waals surface area contributed by atoms with Crippen LogP contribution in [0, 0.1) is 0 Å². The minimum atomic E-state index is -4.43. The molecule has 200 valence electrons. The number of hydrogen-bond donors (Lipinski definition) is 1. The molecule has 0 unspecified atom stereocenters. The van der Waals surface area contributed by atoms with Gasteiger partial charge < -0.3 is 5.32 Å². The predicted octanol–water partition coefficient (Wildman–Crippen LogP) is 2.88. The Hall–Kier alpha value is -2.74. The van der Waals surface area contributed by atoms with Gasteiger partial charge in [0, 0.05) is 37.6 Å². The van der Waals surface area contributed by atoms with Crippen LogP contribution < -0.4 is 5.32 Å². The van der Waals surface area contributed by atoms with Gasteiger partial charge in [-0.25, -0.2) is 16.8 Å². The second kappa shape index (κ2) is 10.6. The second-order valence-corrected chi connectivity index (χ2v) is 12.6. The van der Waals surface area contributed by atoms with Crippen molar-refractivity contribution in [2.75, 3.05) is 19.6 Å². The Kier molecular flexibility index (Phi) is 7.79. The number of rotatable bonds is 8. The molecule has 8 nitrogen and oxygen atoms in total. The van der Waals surface area contributed by atoms with Crippen molar-refractivity contribution in [3.8, 4) is 0 Å². The maximum absolute atomic E-state index is 13.3. The average molecular weight is 558 g/mol. The SMILES string of the molecule is O=C(Cc1ccc(S(=O)(=O)N2CCC[C@@H]2CN2CC=CS2(=O)=O)cc1)NCc1ccc(C(F)(F)F)cc1. The number of nitrogens with one attached hydrogen (secondary N) is 1. The highest BCUT2D eigenvalue weighted by Gasteiger charge is 2.38. The number of sulfonamides is 2. The summed E-state index contributed by atoms with van der Waals surface area (Å²) in [6, 6.07) is 9.92. The van der Waals surface area contributed by atoms with Gasteiger partial charge in [-0.1, -0.05) is 30.3 Å². The van der Waals surface area contributed by atoms with E-state index in [1.54, 1.807) is 0 Å². The fourth-order valence-electron chi connectivity index (χ4n) is 4.37. The van der Waals surface area contributed by atoms with Crippen LogP contribution in [-0.2, 0) is 44.0 Å². The molecular formula is C24H26F3N3O5S2. The van der Waals surface area contributed by atoms with E-state index in [2.05, 4.69) is 5.32 Å². The van der Waals surface area contributed by atoms with Gasteiger partial charge in [0.2, 0.25) is 26.0 Å². The molecule has 37 heavy (non-hydrogen) atoms. The molecule has 2 aliphatic rings. The van der Waals surface area contributed by atoms with Gasteiger partial charge in [0.15, 0.2) is 0 Å². The van der Waals surface area contributed by atoms with E-state index in [-0.39, 0.29) is 36.9 Å². The molecular weight excluding hydrogens is 531 g/mol. The molecule has 0 aliphatic carbocycles. The quantitative estimate of drug-likeness (QED) is 0.538.